The SMILES string of the molecule is C[C@@H](SCc1ccccc1)C(=O)NCc1ccc(N2CCCC2)cc1. The van der Waals surface area contributed by atoms with Crippen LogP contribution in [-0.2, 0) is 17.1 Å². The first-order chi connectivity index (χ1) is 12.2. The van der Waals surface area contributed by atoms with Gasteiger partial charge in [0, 0.05) is 31.1 Å². The molecule has 0 aromatic heterocycles. The van der Waals surface area contributed by atoms with Crippen LogP contribution in [0.5, 0.6) is 0 Å². The molecule has 2 aromatic carbocycles. The van der Waals surface area contributed by atoms with Crippen molar-refractivity contribution in [2.24, 2.45) is 0 Å². The lowest BCUT2D eigenvalue weighted by Crippen LogP contribution is -2.30. The van der Waals surface area contributed by atoms with Gasteiger partial charge in [0.15, 0.2) is 0 Å². The summed E-state index contributed by atoms with van der Waals surface area (Å²) in [6.45, 7) is 4.88. The number of rotatable bonds is 7. The van der Waals surface area contributed by atoms with E-state index >= 15 is 0 Å². The third-order valence-electron chi connectivity index (χ3n) is 4.59. The molecule has 1 aliphatic heterocycles. The Balaban J connectivity index is 1.43. The molecule has 0 saturated carbocycles. The largest absolute Gasteiger partial charge is 0.372 e. The third kappa shape index (κ3) is 5.27. The van der Waals surface area contributed by atoms with Crippen molar-refractivity contribution in [3.63, 3.8) is 0 Å². The van der Waals surface area contributed by atoms with Gasteiger partial charge >= 0.3 is 0 Å². The van der Waals surface area contributed by atoms with E-state index in [1.54, 1.807) is 11.8 Å². The average Bonchev–Trinajstić information content (AvgIpc) is 3.20. The van der Waals surface area contributed by atoms with Gasteiger partial charge in [-0.05, 0) is 43.0 Å². The molecule has 2 aromatic rings. The van der Waals surface area contributed by atoms with E-state index in [-0.39, 0.29) is 11.2 Å². The highest BCUT2D eigenvalue weighted by Gasteiger charge is 2.14. The molecule has 1 amide bonds. The average molecular weight is 355 g/mol. The van der Waals surface area contributed by atoms with Gasteiger partial charge in [-0.2, -0.15) is 0 Å². The van der Waals surface area contributed by atoms with E-state index in [9.17, 15) is 4.79 Å². The van der Waals surface area contributed by atoms with E-state index in [0.29, 0.717) is 6.54 Å². The van der Waals surface area contributed by atoms with Crippen molar-refractivity contribution >= 4 is 23.4 Å². The molecule has 0 aliphatic carbocycles. The van der Waals surface area contributed by atoms with Crippen LogP contribution in [0.2, 0.25) is 0 Å². The number of carbonyl (C=O) groups excluding carboxylic acids is 1. The first-order valence-electron chi connectivity index (χ1n) is 8.99. The highest BCUT2D eigenvalue weighted by atomic mass is 32.2. The third-order valence-corrected chi connectivity index (χ3v) is 5.80. The van der Waals surface area contributed by atoms with Gasteiger partial charge in [0.25, 0.3) is 0 Å². The molecule has 3 nitrogen and oxygen atoms in total. The lowest BCUT2D eigenvalue weighted by molar-refractivity contribution is -0.120. The summed E-state index contributed by atoms with van der Waals surface area (Å²) in [7, 11) is 0. The van der Waals surface area contributed by atoms with Crippen LogP contribution in [0.15, 0.2) is 54.6 Å². The summed E-state index contributed by atoms with van der Waals surface area (Å²) in [5, 5.41) is 3.00. The van der Waals surface area contributed by atoms with Gasteiger partial charge in [-0.1, -0.05) is 42.5 Å². The fraction of sp³-hybridized carbons (Fsp3) is 0.381. The maximum absolute atomic E-state index is 12.3. The molecule has 1 N–H and O–H groups in total. The smallest absolute Gasteiger partial charge is 0.233 e. The summed E-state index contributed by atoms with van der Waals surface area (Å²) in [6.07, 6.45) is 2.58. The maximum atomic E-state index is 12.3. The van der Waals surface area contributed by atoms with Crippen LogP contribution in [0.25, 0.3) is 0 Å². The Labute approximate surface area is 154 Å². The Morgan fingerprint density at radius 1 is 1.04 bits per heavy atom. The second-order valence-electron chi connectivity index (χ2n) is 6.52. The number of benzene rings is 2. The first kappa shape index (κ1) is 17.9. The van der Waals surface area contributed by atoms with Crippen LogP contribution in [0, 0.1) is 0 Å². The zero-order chi connectivity index (χ0) is 17.5. The Morgan fingerprint density at radius 2 is 1.72 bits per heavy atom. The number of thioether (sulfide) groups is 1. The van der Waals surface area contributed by atoms with Crippen molar-refractivity contribution in [2.75, 3.05) is 18.0 Å². The lowest BCUT2D eigenvalue weighted by atomic mass is 10.2. The quantitative estimate of drug-likeness (QED) is 0.808. The molecule has 0 spiro atoms. The zero-order valence-electron chi connectivity index (χ0n) is 14.8. The van der Waals surface area contributed by atoms with Gasteiger partial charge in [0.05, 0.1) is 5.25 Å². The van der Waals surface area contributed by atoms with Crippen LogP contribution in [0.4, 0.5) is 5.69 Å². The van der Waals surface area contributed by atoms with Gasteiger partial charge in [-0.25, -0.2) is 0 Å². The standard InChI is InChI=1S/C21H26N2OS/c1-17(25-16-19-7-3-2-4-8-19)21(24)22-15-18-9-11-20(12-10-18)23-13-5-6-14-23/h2-4,7-12,17H,5-6,13-16H2,1H3,(H,22,24)/t17-/m1/s1. The van der Waals surface area contributed by atoms with E-state index < -0.39 is 0 Å². The van der Waals surface area contributed by atoms with Crippen molar-refractivity contribution < 1.29 is 4.79 Å². The summed E-state index contributed by atoms with van der Waals surface area (Å²) >= 11 is 1.67. The molecule has 1 fully saturated rings. The van der Waals surface area contributed by atoms with Crippen LogP contribution < -0.4 is 10.2 Å². The normalized spacial score (nSPS) is 15.2. The molecular weight excluding hydrogens is 328 g/mol. The number of anilines is 1. The summed E-state index contributed by atoms with van der Waals surface area (Å²) in [6, 6.07) is 18.9. The second-order valence-corrected chi connectivity index (χ2v) is 7.85. The van der Waals surface area contributed by atoms with E-state index in [4.69, 9.17) is 0 Å². The van der Waals surface area contributed by atoms with Crippen LogP contribution >= 0.6 is 11.8 Å². The fourth-order valence-electron chi connectivity index (χ4n) is 3.00. The van der Waals surface area contributed by atoms with Gasteiger partial charge in [0.2, 0.25) is 5.91 Å². The minimum absolute atomic E-state index is 0.0518. The minimum atomic E-state index is -0.0518. The maximum Gasteiger partial charge on any atom is 0.233 e. The molecule has 4 heteroatoms. The van der Waals surface area contributed by atoms with Gasteiger partial charge in [-0.15, -0.1) is 11.8 Å². The van der Waals surface area contributed by atoms with Crippen LogP contribution in [-0.4, -0.2) is 24.2 Å². The van der Waals surface area contributed by atoms with Gasteiger partial charge < -0.3 is 10.2 Å². The molecule has 1 saturated heterocycles. The van der Waals surface area contributed by atoms with E-state index in [0.717, 1.165) is 24.4 Å². The molecular formula is C21H26N2OS. The van der Waals surface area contributed by atoms with Gasteiger partial charge in [0.1, 0.15) is 0 Å². The van der Waals surface area contributed by atoms with Crippen molar-refractivity contribution in [2.45, 2.75) is 37.3 Å². The minimum Gasteiger partial charge on any atom is -0.372 e. The lowest BCUT2D eigenvalue weighted by Gasteiger charge is -2.18. The molecule has 1 aliphatic rings. The fourth-order valence-corrected chi connectivity index (χ4v) is 3.87. The van der Waals surface area contributed by atoms with Crippen molar-refractivity contribution in [3.05, 3.63) is 65.7 Å². The van der Waals surface area contributed by atoms with E-state index in [1.807, 2.05) is 25.1 Å². The Bertz CT molecular complexity index is 666. The first-order valence-corrected chi connectivity index (χ1v) is 10.0. The van der Waals surface area contributed by atoms with Crippen molar-refractivity contribution in [1.29, 1.82) is 0 Å². The number of nitrogens with one attached hydrogen (secondary N) is 1. The van der Waals surface area contributed by atoms with E-state index in [1.165, 1.54) is 24.1 Å². The molecule has 0 radical (unpaired) electrons. The van der Waals surface area contributed by atoms with Crippen LogP contribution in [0.1, 0.15) is 30.9 Å². The molecule has 0 unspecified atom stereocenters. The molecule has 3 rings (SSSR count). The number of hydrogen-bond acceptors (Lipinski definition) is 3. The predicted molar refractivity (Wildman–Crippen MR) is 107 cm³/mol. The van der Waals surface area contributed by atoms with Gasteiger partial charge in [-0.3, -0.25) is 4.79 Å². The predicted octanol–water partition coefficient (Wildman–Crippen LogP) is 4.22. The molecule has 132 valence electrons. The number of carbonyl (C=O) groups is 1. The van der Waals surface area contributed by atoms with Crippen molar-refractivity contribution in [1.82, 2.24) is 5.32 Å². The number of amides is 1. The van der Waals surface area contributed by atoms with Crippen molar-refractivity contribution in [3.8, 4) is 0 Å². The summed E-state index contributed by atoms with van der Waals surface area (Å²) in [5.74, 6) is 0.963. The monoisotopic (exact) mass is 354 g/mol. The topological polar surface area (TPSA) is 32.3 Å². The number of nitrogens with zero attached hydrogens (tertiary/aromatic N) is 1. The highest BCUT2D eigenvalue weighted by molar-refractivity contribution is 7.99. The second kappa shape index (κ2) is 8.95. The molecule has 1 atom stereocenters. The number of hydrogen-bond donors (Lipinski definition) is 1. The summed E-state index contributed by atoms with van der Waals surface area (Å²) in [5.41, 5.74) is 3.69. The Hall–Kier alpha value is -1.94. The summed E-state index contributed by atoms with van der Waals surface area (Å²) in [4.78, 5) is 14.7. The molecule has 25 heavy (non-hydrogen) atoms. The molecule has 1 heterocycles. The van der Waals surface area contributed by atoms with Crippen LogP contribution in [0.3, 0.4) is 0 Å². The Kier molecular flexibility index (Phi) is 6.40. The summed E-state index contributed by atoms with van der Waals surface area (Å²) < 4.78 is 0. The Morgan fingerprint density at radius 3 is 2.40 bits per heavy atom. The highest BCUT2D eigenvalue weighted by Crippen LogP contribution is 2.21. The van der Waals surface area contributed by atoms with E-state index in [2.05, 4.69) is 46.6 Å². The molecule has 0 bridgehead atoms. The zero-order valence-corrected chi connectivity index (χ0v) is 15.6.